The molecule has 1 aromatic rings. The molecule has 0 amide bonds. The molecule has 0 radical (unpaired) electrons. The molecule has 2 aliphatic heterocycles. The van der Waals surface area contributed by atoms with E-state index in [1.54, 1.807) is 11.3 Å². The molecule has 106 valence electrons. The van der Waals surface area contributed by atoms with Gasteiger partial charge in [-0.15, -0.1) is 11.3 Å². The molecule has 2 saturated heterocycles. The fourth-order valence-corrected chi connectivity index (χ4v) is 4.83. The molecule has 3 heterocycles. The number of hydrogen-bond donors (Lipinski definition) is 0. The summed E-state index contributed by atoms with van der Waals surface area (Å²) in [5.41, 5.74) is 0. The molecule has 0 bridgehead atoms. The monoisotopic (exact) mass is 301 g/mol. The van der Waals surface area contributed by atoms with Gasteiger partial charge < -0.3 is 4.90 Å². The van der Waals surface area contributed by atoms with E-state index >= 15 is 0 Å². The molecule has 19 heavy (non-hydrogen) atoms. The molecule has 0 spiro atoms. The van der Waals surface area contributed by atoms with Crippen LogP contribution in [-0.2, 0) is 16.4 Å². The molecular weight excluding hydrogens is 282 g/mol. The first-order valence-corrected chi connectivity index (χ1v) is 9.39. The van der Waals surface area contributed by atoms with Gasteiger partial charge in [-0.1, -0.05) is 0 Å². The number of nitrogens with zero attached hydrogens (tertiary/aromatic N) is 3. The van der Waals surface area contributed by atoms with Crippen LogP contribution >= 0.6 is 11.3 Å². The normalized spacial score (nSPS) is 23.9. The largest absolute Gasteiger partial charge is 0.348 e. The summed E-state index contributed by atoms with van der Waals surface area (Å²) in [4.78, 5) is 10.3. The lowest BCUT2D eigenvalue weighted by Crippen LogP contribution is -2.39. The first-order chi connectivity index (χ1) is 9.12. The van der Waals surface area contributed by atoms with Crippen molar-refractivity contribution < 1.29 is 8.42 Å². The molecule has 2 aliphatic rings. The lowest BCUT2D eigenvalue weighted by atomic mass is 10.4. The average molecular weight is 301 g/mol. The zero-order valence-electron chi connectivity index (χ0n) is 10.9. The second-order valence-electron chi connectivity index (χ2n) is 5.23. The van der Waals surface area contributed by atoms with Gasteiger partial charge in [0.05, 0.1) is 11.5 Å². The van der Waals surface area contributed by atoms with E-state index in [4.69, 9.17) is 0 Å². The van der Waals surface area contributed by atoms with Crippen molar-refractivity contribution in [3.8, 4) is 0 Å². The van der Waals surface area contributed by atoms with Crippen LogP contribution in [-0.4, -0.2) is 56.0 Å². The van der Waals surface area contributed by atoms with Crippen LogP contribution in [0.1, 0.15) is 17.7 Å². The predicted molar refractivity (Wildman–Crippen MR) is 77.5 cm³/mol. The molecule has 3 rings (SSSR count). The van der Waals surface area contributed by atoms with E-state index < -0.39 is 9.84 Å². The molecule has 0 aliphatic carbocycles. The van der Waals surface area contributed by atoms with Gasteiger partial charge in [-0.05, 0) is 12.8 Å². The molecule has 0 saturated carbocycles. The van der Waals surface area contributed by atoms with E-state index in [1.807, 2.05) is 6.20 Å². The summed E-state index contributed by atoms with van der Waals surface area (Å²) in [5, 5.41) is 1.12. The number of rotatable bonds is 3. The zero-order chi connectivity index (χ0) is 13.3. The number of aromatic nitrogens is 1. The highest BCUT2D eigenvalue weighted by Gasteiger charge is 2.22. The number of sulfone groups is 1. The van der Waals surface area contributed by atoms with Crippen LogP contribution in [0.25, 0.3) is 0 Å². The van der Waals surface area contributed by atoms with Gasteiger partial charge in [-0.3, -0.25) is 4.90 Å². The summed E-state index contributed by atoms with van der Waals surface area (Å²) in [7, 11) is -2.78. The highest BCUT2D eigenvalue weighted by Crippen LogP contribution is 2.26. The van der Waals surface area contributed by atoms with Crippen molar-refractivity contribution in [2.75, 3.05) is 42.6 Å². The van der Waals surface area contributed by atoms with E-state index in [2.05, 4.69) is 14.8 Å². The molecule has 0 atom stereocenters. The molecule has 7 heteroatoms. The van der Waals surface area contributed by atoms with Gasteiger partial charge in [0.2, 0.25) is 0 Å². The Morgan fingerprint density at radius 1 is 1.16 bits per heavy atom. The summed E-state index contributed by atoms with van der Waals surface area (Å²) >= 11 is 1.75. The van der Waals surface area contributed by atoms with Crippen molar-refractivity contribution in [3.05, 3.63) is 11.1 Å². The van der Waals surface area contributed by atoms with E-state index in [9.17, 15) is 8.42 Å². The van der Waals surface area contributed by atoms with Crippen molar-refractivity contribution in [2.24, 2.45) is 0 Å². The smallest absolute Gasteiger partial charge is 0.185 e. The van der Waals surface area contributed by atoms with Gasteiger partial charge >= 0.3 is 0 Å². The molecule has 5 nitrogen and oxygen atoms in total. The lowest BCUT2D eigenvalue weighted by molar-refractivity contribution is 0.290. The summed E-state index contributed by atoms with van der Waals surface area (Å²) in [5.74, 6) is 0.593. The highest BCUT2D eigenvalue weighted by molar-refractivity contribution is 7.91. The van der Waals surface area contributed by atoms with Crippen LogP contribution in [0.4, 0.5) is 5.13 Å². The minimum atomic E-state index is -2.78. The maximum atomic E-state index is 11.4. The number of thiazole rings is 1. The molecular formula is C12H19N3O2S2. The number of hydrogen-bond acceptors (Lipinski definition) is 6. The Hall–Kier alpha value is -0.660. The lowest BCUT2D eigenvalue weighted by Gasteiger charge is -2.25. The third-order valence-electron chi connectivity index (χ3n) is 3.73. The Balaban J connectivity index is 1.58. The fraction of sp³-hybridized carbons (Fsp3) is 0.750. The summed E-state index contributed by atoms with van der Waals surface area (Å²) in [6, 6.07) is 0. The van der Waals surface area contributed by atoms with Crippen molar-refractivity contribution >= 4 is 26.3 Å². The van der Waals surface area contributed by atoms with Crippen LogP contribution < -0.4 is 4.90 Å². The second-order valence-corrected chi connectivity index (χ2v) is 8.63. The maximum Gasteiger partial charge on any atom is 0.185 e. The molecule has 2 fully saturated rings. The third-order valence-corrected chi connectivity index (χ3v) is 6.39. The quantitative estimate of drug-likeness (QED) is 0.833. The van der Waals surface area contributed by atoms with Gasteiger partial charge in [-0.25, -0.2) is 13.4 Å². The zero-order valence-corrected chi connectivity index (χ0v) is 12.5. The average Bonchev–Trinajstić information content (AvgIpc) is 3.02. The van der Waals surface area contributed by atoms with Gasteiger partial charge in [0.1, 0.15) is 0 Å². The topological polar surface area (TPSA) is 53.5 Å². The van der Waals surface area contributed by atoms with E-state index in [1.165, 1.54) is 17.7 Å². The van der Waals surface area contributed by atoms with Crippen molar-refractivity contribution in [1.29, 1.82) is 0 Å². The Morgan fingerprint density at radius 2 is 1.84 bits per heavy atom. The Labute approximate surface area is 118 Å². The van der Waals surface area contributed by atoms with Gasteiger partial charge in [-0.2, -0.15) is 0 Å². The standard InChI is InChI=1S/C12H19N3O2S2/c16-19(17)7-5-14(6-8-19)10-11-9-13-12(18-11)15-3-1-2-4-15/h9H,1-8,10H2. The van der Waals surface area contributed by atoms with Crippen LogP contribution in [0.5, 0.6) is 0 Å². The van der Waals surface area contributed by atoms with Crippen molar-refractivity contribution in [2.45, 2.75) is 19.4 Å². The molecule has 0 aromatic carbocycles. The second kappa shape index (κ2) is 5.38. The number of anilines is 1. The maximum absolute atomic E-state index is 11.4. The van der Waals surface area contributed by atoms with Crippen LogP contribution in [0, 0.1) is 0 Å². The summed E-state index contributed by atoms with van der Waals surface area (Å²) < 4.78 is 22.8. The van der Waals surface area contributed by atoms with Crippen LogP contribution in [0.2, 0.25) is 0 Å². The van der Waals surface area contributed by atoms with Crippen molar-refractivity contribution in [3.63, 3.8) is 0 Å². The first kappa shape index (κ1) is 13.3. The highest BCUT2D eigenvalue weighted by atomic mass is 32.2. The minimum Gasteiger partial charge on any atom is -0.348 e. The molecule has 1 aromatic heterocycles. The van der Waals surface area contributed by atoms with E-state index in [-0.39, 0.29) is 0 Å². The Kier molecular flexibility index (Phi) is 3.77. The van der Waals surface area contributed by atoms with Crippen molar-refractivity contribution in [1.82, 2.24) is 9.88 Å². The van der Waals surface area contributed by atoms with Gasteiger partial charge in [0, 0.05) is 43.8 Å². The molecule has 0 N–H and O–H groups in total. The summed E-state index contributed by atoms with van der Waals surface area (Å²) in [6.45, 7) is 4.38. The van der Waals surface area contributed by atoms with Crippen LogP contribution in [0.3, 0.4) is 0 Å². The van der Waals surface area contributed by atoms with Gasteiger partial charge in [0.25, 0.3) is 0 Å². The molecule has 0 unspecified atom stereocenters. The first-order valence-electron chi connectivity index (χ1n) is 6.75. The minimum absolute atomic E-state index is 0.296. The van der Waals surface area contributed by atoms with Crippen LogP contribution in [0.15, 0.2) is 6.20 Å². The van der Waals surface area contributed by atoms with Gasteiger partial charge in [0.15, 0.2) is 15.0 Å². The predicted octanol–water partition coefficient (Wildman–Crippen LogP) is 0.974. The summed E-state index contributed by atoms with van der Waals surface area (Å²) in [6.07, 6.45) is 4.47. The van der Waals surface area contributed by atoms with E-state index in [0.717, 1.165) is 24.8 Å². The van der Waals surface area contributed by atoms with E-state index in [0.29, 0.717) is 24.6 Å². The fourth-order valence-electron chi connectivity index (χ4n) is 2.55. The SMILES string of the molecule is O=S1(=O)CCN(Cc2cnc(N3CCCC3)s2)CC1. The Morgan fingerprint density at radius 3 is 2.53 bits per heavy atom. The Bertz CT molecular complexity index is 521. The third kappa shape index (κ3) is 3.27.